The van der Waals surface area contributed by atoms with Crippen LogP contribution >= 0.6 is 11.9 Å². The van der Waals surface area contributed by atoms with Crippen molar-refractivity contribution in [2.24, 2.45) is 0 Å². The number of carbonyl (C=O) groups is 2. The van der Waals surface area contributed by atoms with Crippen LogP contribution in [0.5, 0.6) is 0 Å². The largest absolute Gasteiger partial charge is 0.481 e. The second-order valence-electron chi connectivity index (χ2n) is 8.80. The highest BCUT2D eigenvalue weighted by Gasteiger charge is 2.38. The number of nitrogens with zero attached hydrogens (tertiary/aromatic N) is 2. The Kier molecular flexibility index (Phi) is 9.16. The molecule has 0 fully saturated rings. The van der Waals surface area contributed by atoms with Crippen molar-refractivity contribution in [3.63, 3.8) is 0 Å². The first-order chi connectivity index (χ1) is 18.1. The molecule has 1 aromatic heterocycles. The van der Waals surface area contributed by atoms with E-state index in [-0.39, 0.29) is 12.3 Å². The standard InChI is InChI=1S/C30H31N3O3S/c34-28(18-10-11-19-29(35)36)31-21-20-27-22-33(23-32-27)37-30(24-12-4-1-5-13-24,25-14-6-2-7-15-25)26-16-8-3-9-17-26/h1-9,12-17,22-23H,10-11,18-21H2,(H,31,34)(H,35,36). The Morgan fingerprint density at radius 1 is 0.811 bits per heavy atom. The maximum atomic E-state index is 12.1. The van der Waals surface area contributed by atoms with Gasteiger partial charge in [-0.2, -0.15) is 0 Å². The number of imidazole rings is 1. The van der Waals surface area contributed by atoms with E-state index in [0.29, 0.717) is 32.2 Å². The highest BCUT2D eigenvalue weighted by atomic mass is 32.2. The molecule has 1 amide bonds. The van der Waals surface area contributed by atoms with Crippen molar-refractivity contribution >= 4 is 23.8 Å². The maximum Gasteiger partial charge on any atom is 0.303 e. The molecule has 2 N–H and O–H groups in total. The Morgan fingerprint density at radius 2 is 1.32 bits per heavy atom. The summed E-state index contributed by atoms with van der Waals surface area (Å²) in [5.41, 5.74) is 4.40. The molecule has 6 nitrogen and oxygen atoms in total. The van der Waals surface area contributed by atoms with Gasteiger partial charge in [-0.25, -0.2) is 4.98 Å². The molecule has 0 bridgehead atoms. The number of carboxylic acid groups (broad SMARTS) is 1. The fourth-order valence-corrected chi connectivity index (χ4v) is 5.65. The Balaban J connectivity index is 1.51. The van der Waals surface area contributed by atoms with Gasteiger partial charge in [0, 0.05) is 32.0 Å². The minimum absolute atomic E-state index is 0.0598. The van der Waals surface area contributed by atoms with E-state index in [2.05, 4.69) is 87.1 Å². The quantitative estimate of drug-likeness (QED) is 0.178. The zero-order valence-corrected chi connectivity index (χ0v) is 21.4. The van der Waals surface area contributed by atoms with E-state index in [1.54, 1.807) is 11.9 Å². The molecule has 4 rings (SSSR count). The van der Waals surface area contributed by atoms with Crippen LogP contribution in [-0.4, -0.2) is 32.5 Å². The molecule has 0 radical (unpaired) electrons. The Labute approximate surface area is 221 Å². The van der Waals surface area contributed by atoms with Crippen LogP contribution in [0.3, 0.4) is 0 Å². The van der Waals surface area contributed by atoms with Gasteiger partial charge in [0.2, 0.25) is 5.91 Å². The van der Waals surface area contributed by atoms with Gasteiger partial charge < -0.3 is 10.4 Å². The molecule has 1 heterocycles. The Hall–Kier alpha value is -3.84. The van der Waals surface area contributed by atoms with Crippen molar-refractivity contribution in [1.29, 1.82) is 0 Å². The SMILES string of the molecule is O=C(O)CCCCC(=O)NCCc1cn(SC(c2ccccc2)(c2ccccc2)c2ccccc2)cn1. The first-order valence-corrected chi connectivity index (χ1v) is 13.2. The topological polar surface area (TPSA) is 84.2 Å². The lowest BCUT2D eigenvalue weighted by molar-refractivity contribution is -0.137. The van der Waals surface area contributed by atoms with Crippen LogP contribution < -0.4 is 5.32 Å². The predicted octanol–water partition coefficient (Wildman–Crippen LogP) is 5.68. The van der Waals surface area contributed by atoms with Crippen molar-refractivity contribution in [2.45, 2.75) is 36.9 Å². The van der Waals surface area contributed by atoms with E-state index in [9.17, 15) is 9.59 Å². The van der Waals surface area contributed by atoms with E-state index in [1.807, 2.05) is 30.7 Å². The number of carbonyl (C=O) groups excluding carboxylic acids is 1. The molecule has 7 heteroatoms. The molecule has 0 aliphatic carbocycles. The molecule has 0 aliphatic rings. The molecule has 0 saturated heterocycles. The lowest BCUT2D eigenvalue weighted by Crippen LogP contribution is -2.27. The first-order valence-electron chi connectivity index (χ1n) is 12.5. The van der Waals surface area contributed by atoms with Gasteiger partial charge in [-0.3, -0.25) is 13.6 Å². The van der Waals surface area contributed by atoms with Gasteiger partial charge in [0.05, 0.1) is 5.69 Å². The summed E-state index contributed by atoms with van der Waals surface area (Å²) in [6, 6.07) is 31.5. The number of unbranched alkanes of at least 4 members (excludes halogenated alkanes) is 1. The number of hydrogen-bond donors (Lipinski definition) is 2. The van der Waals surface area contributed by atoms with Crippen LogP contribution in [0.2, 0.25) is 0 Å². The van der Waals surface area contributed by atoms with E-state index in [0.717, 1.165) is 5.69 Å². The molecule has 0 saturated carbocycles. The van der Waals surface area contributed by atoms with E-state index in [4.69, 9.17) is 5.11 Å². The first kappa shape index (κ1) is 26.2. The van der Waals surface area contributed by atoms with E-state index in [1.165, 1.54) is 16.7 Å². The fraction of sp³-hybridized carbons (Fsp3) is 0.233. The third kappa shape index (κ3) is 6.89. The summed E-state index contributed by atoms with van der Waals surface area (Å²) in [4.78, 5) is 27.2. The van der Waals surface area contributed by atoms with Crippen LogP contribution in [0.15, 0.2) is 104 Å². The van der Waals surface area contributed by atoms with Crippen molar-refractivity contribution in [3.8, 4) is 0 Å². The summed E-state index contributed by atoms with van der Waals surface area (Å²) in [6.45, 7) is 0.487. The summed E-state index contributed by atoms with van der Waals surface area (Å²) in [7, 11) is 0. The Bertz CT molecular complexity index is 1180. The van der Waals surface area contributed by atoms with Gasteiger partial charge in [-0.15, -0.1) is 0 Å². The number of carboxylic acids is 1. The number of aromatic nitrogens is 2. The van der Waals surface area contributed by atoms with E-state index < -0.39 is 10.7 Å². The summed E-state index contributed by atoms with van der Waals surface area (Å²) < 4.78 is 1.56. The number of rotatable bonds is 13. The molecule has 4 aromatic rings. The van der Waals surface area contributed by atoms with Crippen molar-refractivity contribution in [2.75, 3.05) is 6.54 Å². The minimum atomic E-state index is -0.829. The predicted molar refractivity (Wildman–Crippen MR) is 147 cm³/mol. The zero-order valence-electron chi connectivity index (χ0n) is 20.6. The van der Waals surface area contributed by atoms with Gasteiger partial charge in [-0.1, -0.05) is 91.0 Å². The lowest BCUT2D eigenvalue weighted by Gasteiger charge is -2.35. The van der Waals surface area contributed by atoms with Crippen molar-refractivity contribution in [1.82, 2.24) is 14.3 Å². The molecular weight excluding hydrogens is 482 g/mol. The monoisotopic (exact) mass is 513 g/mol. The second-order valence-corrected chi connectivity index (χ2v) is 10.0. The molecular formula is C30H31N3O3S. The fourth-order valence-electron chi connectivity index (χ4n) is 4.34. The molecule has 0 atom stereocenters. The van der Waals surface area contributed by atoms with Crippen LogP contribution in [-0.2, 0) is 20.8 Å². The molecule has 0 spiro atoms. The molecule has 37 heavy (non-hydrogen) atoms. The summed E-state index contributed by atoms with van der Waals surface area (Å²) in [5.74, 6) is -0.889. The Morgan fingerprint density at radius 3 is 1.84 bits per heavy atom. The summed E-state index contributed by atoms with van der Waals surface area (Å²) in [5, 5.41) is 11.6. The number of amides is 1. The third-order valence-corrected chi connectivity index (χ3v) is 7.54. The molecule has 3 aromatic carbocycles. The number of aliphatic carboxylic acids is 1. The van der Waals surface area contributed by atoms with Crippen molar-refractivity contribution in [3.05, 3.63) is 126 Å². The highest BCUT2D eigenvalue weighted by molar-refractivity contribution is 7.99. The number of nitrogens with one attached hydrogen (secondary N) is 1. The average Bonchev–Trinajstić information content (AvgIpc) is 3.38. The maximum absolute atomic E-state index is 12.1. The van der Waals surface area contributed by atoms with Gasteiger partial charge >= 0.3 is 5.97 Å². The third-order valence-electron chi connectivity index (χ3n) is 6.14. The van der Waals surface area contributed by atoms with Crippen molar-refractivity contribution < 1.29 is 14.7 Å². The summed E-state index contributed by atoms with van der Waals surface area (Å²) in [6.07, 6.45) is 5.98. The smallest absolute Gasteiger partial charge is 0.303 e. The van der Waals surface area contributed by atoms with Crippen LogP contribution in [0.4, 0.5) is 0 Å². The average molecular weight is 514 g/mol. The van der Waals surface area contributed by atoms with Gasteiger partial charge in [0.1, 0.15) is 11.1 Å². The minimum Gasteiger partial charge on any atom is -0.481 e. The van der Waals surface area contributed by atoms with Crippen LogP contribution in [0.25, 0.3) is 0 Å². The molecule has 0 aliphatic heterocycles. The normalized spacial score (nSPS) is 11.2. The van der Waals surface area contributed by atoms with Gasteiger partial charge in [-0.05, 0) is 41.5 Å². The number of hydrogen-bond acceptors (Lipinski definition) is 4. The zero-order chi connectivity index (χ0) is 25.9. The second kappa shape index (κ2) is 12.9. The molecule has 0 unspecified atom stereocenters. The highest BCUT2D eigenvalue weighted by Crippen LogP contribution is 2.48. The van der Waals surface area contributed by atoms with Gasteiger partial charge in [0.15, 0.2) is 0 Å². The number of benzene rings is 3. The van der Waals surface area contributed by atoms with E-state index >= 15 is 0 Å². The molecule has 190 valence electrons. The van der Waals surface area contributed by atoms with Crippen LogP contribution in [0.1, 0.15) is 48.1 Å². The van der Waals surface area contributed by atoms with Crippen LogP contribution in [0, 0.1) is 0 Å². The lowest BCUT2D eigenvalue weighted by atomic mass is 9.84. The van der Waals surface area contributed by atoms with Gasteiger partial charge in [0.25, 0.3) is 0 Å². The summed E-state index contributed by atoms with van der Waals surface area (Å²) >= 11 is 1.69.